The summed E-state index contributed by atoms with van der Waals surface area (Å²) in [6, 6.07) is 6.82. The van der Waals surface area contributed by atoms with Gasteiger partial charge in [0.15, 0.2) is 0 Å². The second-order valence-corrected chi connectivity index (χ2v) is 5.30. The number of hydrogen-bond donors (Lipinski definition) is 2. The number of aliphatic hydroxyl groups is 1. The molecule has 0 aliphatic heterocycles. The molecule has 0 saturated heterocycles. The molecule has 0 amide bonds. The van der Waals surface area contributed by atoms with Gasteiger partial charge < -0.3 is 10.2 Å². The second kappa shape index (κ2) is 4.89. The first-order valence-corrected chi connectivity index (χ1v) is 6.23. The third-order valence-corrected chi connectivity index (χ3v) is 4.20. The van der Waals surface area contributed by atoms with Gasteiger partial charge in [0.1, 0.15) is 0 Å². The van der Waals surface area contributed by atoms with Crippen LogP contribution in [0.4, 0.5) is 0 Å². The summed E-state index contributed by atoms with van der Waals surface area (Å²) in [5, 5.41) is 18.7. The van der Waals surface area contributed by atoms with Crippen molar-refractivity contribution in [1.82, 2.24) is 0 Å². The fourth-order valence-electron chi connectivity index (χ4n) is 1.89. The quantitative estimate of drug-likeness (QED) is 0.849. The first kappa shape index (κ1) is 11.5. The van der Waals surface area contributed by atoms with Gasteiger partial charge in [0.25, 0.3) is 0 Å². The largest absolute Gasteiger partial charge is 0.478 e. The average molecular weight is 238 g/mol. The van der Waals surface area contributed by atoms with E-state index in [1.165, 1.54) is 0 Å². The minimum absolute atomic E-state index is 0.218. The van der Waals surface area contributed by atoms with Crippen molar-refractivity contribution < 1.29 is 15.0 Å². The minimum Gasteiger partial charge on any atom is -0.478 e. The van der Waals surface area contributed by atoms with Crippen LogP contribution in [-0.2, 0) is 0 Å². The topological polar surface area (TPSA) is 57.5 Å². The molecule has 4 heteroatoms. The van der Waals surface area contributed by atoms with Crippen LogP contribution >= 0.6 is 11.8 Å². The molecule has 1 aliphatic rings. The summed E-state index contributed by atoms with van der Waals surface area (Å²) in [6.07, 6.45) is 2.77. The second-order valence-electron chi connectivity index (χ2n) is 3.98. The molecule has 2 atom stereocenters. The highest BCUT2D eigenvalue weighted by Crippen LogP contribution is 2.34. The molecule has 16 heavy (non-hydrogen) atoms. The van der Waals surface area contributed by atoms with Gasteiger partial charge in [-0.1, -0.05) is 0 Å². The Kier molecular flexibility index (Phi) is 3.51. The van der Waals surface area contributed by atoms with E-state index in [0.717, 1.165) is 24.2 Å². The molecule has 3 nitrogen and oxygen atoms in total. The van der Waals surface area contributed by atoms with Gasteiger partial charge in [-0.15, -0.1) is 11.8 Å². The summed E-state index contributed by atoms with van der Waals surface area (Å²) in [6.45, 7) is 0. The molecule has 0 aromatic heterocycles. The number of aliphatic hydroxyl groups excluding tert-OH is 1. The lowest BCUT2D eigenvalue weighted by Crippen LogP contribution is -2.14. The van der Waals surface area contributed by atoms with Gasteiger partial charge in [-0.3, -0.25) is 0 Å². The molecule has 1 aliphatic carbocycles. The lowest BCUT2D eigenvalue weighted by molar-refractivity contribution is 0.0697. The van der Waals surface area contributed by atoms with Gasteiger partial charge >= 0.3 is 5.97 Å². The number of hydrogen-bond acceptors (Lipinski definition) is 3. The van der Waals surface area contributed by atoms with E-state index < -0.39 is 5.97 Å². The molecular formula is C12H14O3S. The van der Waals surface area contributed by atoms with Crippen molar-refractivity contribution >= 4 is 17.7 Å². The maximum Gasteiger partial charge on any atom is 0.335 e. The lowest BCUT2D eigenvalue weighted by atomic mass is 10.2. The van der Waals surface area contributed by atoms with Gasteiger partial charge in [-0.05, 0) is 43.5 Å². The Morgan fingerprint density at radius 3 is 2.44 bits per heavy atom. The molecule has 0 heterocycles. The molecule has 86 valence electrons. The van der Waals surface area contributed by atoms with Gasteiger partial charge in [-0.2, -0.15) is 0 Å². The molecule has 1 aromatic rings. The molecule has 1 aromatic carbocycles. The number of carbonyl (C=O) groups is 1. The van der Waals surface area contributed by atoms with Crippen molar-refractivity contribution in [2.24, 2.45) is 0 Å². The Labute approximate surface area is 98.5 Å². The Morgan fingerprint density at radius 1 is 1.25 bits per heavy atom. The van der Waals surface area contributed by atoms with Crippen LogP contribution in [0, 0.1) is 0 Å². The Morgan fingerprint density at radius 2 is 1.94 bits per heavy atom. The molecule has 2 rings (SSSR count). The Hall–Kier alpha value is -1.00. The summed E-state index contributed by atoms with van der Waals surface area (Å²) in [4.78, 5) is 11.7. The predicted molar refractivity (Wildman–Crippen MR) is 62.9 cm³/mol. The van der Waals surface area contributed by atoms with E-state index in [4.69, 9.17) is 5.11 Å². The van der Waals surface area contributed by atoms with Crippen molar-refractivity contribution in [3.8, 4) is 0 Å². The van der Waals surface area contributed by atoms with Crippen LogP contribution in [0.15, 0.2) is 29.2 Å². The van der Waals surface area contributed by atoms with E-state index in [1.807, 2.05) is 0 Å². The van der Waals surface area contributed by atoms with Gasteiger partial charge in [0.05, 0.1) is 11.7 Å². The smallest absolute Gasteiger partial charge is 0.335 e. The van der Waals surface area contributed by atoms with Crippen molar-refractivity contribution in [3.05, 3.63) is 29.8 Å². The zero-order chi connectivity index (χ0) is 11.5. The third-order valence-electron chi connectivity index (χ3n) is 2.81. The molecule has 2 N–H and O–H groups in total. The maximum atomic E-state index is 10.7. The normalized spacial score (nSPS) is 24.6. The SMILES string of the molecule is O=C(O)c1ccc(SC2CCCC2O)cc1. The Balaban J connectivity index is 2.02. The molecule has 0 bridgehead atoms. The zero-order valence-corrected chi connectivity index (χ0v) is 9.61. The van der Waals surface area contributed by atoms with Crippen molar-refractivity contribution in [3.63, 3.8) is 0 Å². The highest BCUT2D eigenvalue weighted by molar-refractivity contribution is 8.00. The van der Waals surface area contributed by atoms with Crippen LogP contribution in [0.5, 0.6) is 0 Å². The predicted octanol–water partition coefficient (Wildman–Crippen LogP) is 2.39. The van der Waals surface area contributed by atoms with Crippen molar-refractivity contribution in [1.29, 1.82) is 0 Å². The molecule has 1 saturated carbocycles. The summed E-state index contributed by atoms with van der Waals surface area (Å²) in [7, 11) is 0. The average Bonchev–Trinajstić information content (AvgIpc) is 2.65. The fraction of sp³-hybridized carbons (Fsp3) is 0.417. The third kappa shape index (κ3) is 2.57. The van der Waals surface area contributed by atoms with E-state index in [-0.39, 0.29) is 11.4 Å². The van der Waals surface area contributed by atoms with Crippen LogP contribution in [0.25, 0.3) is 0 Å². The minimum atomic E-state index is -0.905. The first-order valence-electron chi connectivity index (χ1n) is 5.35. The highest BCUT2D eigenvalue weighted by Gasteiger charge is 2.25. The van der Waals surface area contributed by atoms with E-state index in [9.17, 15) is 9.90 Å². The van der Waals surface area contributed by atoms with Crippen LogP contribution in [0.3, 0.4) is 0 Å². The monoisotopic (exact) mass is 238 g/mol. The van der Waals surface area contributed by atoms with Gasteiger partial charge in [0, 0.05) is 10.1 Å². The summed E-state index contributed by atoms with van der Waals surface area (Å²) in [5.74, 6) is -0.905. The van der Waals surface area contributed by atoms with E-state index in [2.05, 4.69) is 0 Å². The lowest BCUT2D eigenvalue weighted by Gasteiger charge is -2.13. The molecule has 0 radical (unpaired) electrons. The summed E-state index contributed by atoms with van der Waals surface area (Å²) in [5.41, 5.74) is 0.302. The number of benzene rings is 1. The van der Waals surface area contributed by atoms with E-state index in [1.54, 1.807) is 36.0 Å². The maximum absolute atomic E-state index is 10.7. The van der Waals surface area contributed by atoms with Crippen LogP contribution in [0.1, 0.15) is 29.6 Å². The number of carboxylic acids is 1. The van der Waals surface area contributed by atoms with E-state index >= 15 is 0 Å². The zero-order valence-electron chi connectivity index (χ0n) is 8.80. The van der Waals surface area contributed by atoms with Crippen LogP contribution in [-0.4, -0.2) is 27.5 Å². The highest BCUT2D eigenvalue weighted by atomic mass is 32.2. The molecular weight excluding hydrogens is 224 g/mol. The fourth-order valence-corrected chi connectivity index (χ4v) is 3.12. The van der Waals surface area contributed by atoms with Gasteiger partial charge in [-0.25, -0.2) is 4.79 Å². The van der Waals surface area contributed by atoms with Gasteiger partial charge in [0.2, 0.25) is 0 Å². The van der Waals surface area contributed by atoms with E-state index in [0.29, 0.717) is 5.56 Å². The van der Waals surface area contributed by atoms with Crippen LogP contribution < -0.4 is 0 Å². The van der Waals surface area contributed by atoms with Crippen LogP contribution in [0.2, 0.25) is 0 Å². The van der Waals surface area contributed by atoms with Crippen molar-refractivity contribution in [2.45, 2.75) is 35.5 Å². The number of thioether (sulfide) groups is 1. The number of rotatable bonds is 3. The number of carboxylic acid groups (broad SMARTS) is 1. The molecule has 2 unspecified atom stereocenters. The molecule has 1 fully saturated rings. The number of aromatic carboxylic acids is 1. The molecule has 0 spiro atoms. The standard InChI is InChI=1S/C12H14O3S/c13-10-2-1-3-11(10)16-9-6-4-8(5-7-9)12(14)15/h4-7,10-11,13H,1-3H2,(H,14,15). The Bertz CT molecular complexity index is 374. The van der Waals surface area contributed by atoms with Crippen molar-refractivity contribution in [2.75, 3.05) is 0 Å². The summed E-state index contributed by atoms with van der Waals surface area (Å²) >= 11 is 1.64. The first-order chi connectivity index (χ1) is 7.66. The summed E-state index contributed by atoms with van der Waals surface area (Å²) < 4.78 is 0.